The van der Waals surface area contributed by atoms with Crippen molar-refractivity contribution >= 4 is 23.8 Å². The molecule has 0 N–H and O–H groups in total. The van der Waals surface area contributed by atoms with Crippen molar-refractivity contribution in [3.8, 4) is 0 Å². The first-order valence-corrected chi connectivity index (χ1v) is 7.74. The van der Waals surface area contributed by atoms with Crippen LogP contribution in [0.2, 0.25) is 0 Å². The summed E-state index contributed by atoms with van der Waals surface area (Å²) >= 11 is 0. The number of hydrogen-bond donors (Lipinski definition) is 0. The van der Waals surface area contributed by atoms with Crippen LogP contribution in [0.25, 0.3) is 0 Å². The van der Waals surface area contributed by atoms with Crippen LogP contribution in [0, 0.1) is 0 Å². The Kier molecular flexibility index (Phi) is 8.22. The van der Waals surface area contributed by atoms with E-state index in [1.165, 1.54) is 15.9 Å². The quantitative estimate of drug-likeness (QED) is 0.345. The number of rotatable bonds is 3. The van der Waals surface area contributed by atoms with Gasteiger partial charge in [-0.25, -0.2) is 0 Å². The smallest absolute Gasteiger partial charge is 0 e. The average Bonchev–Trinajstić information content (AvgIpc) is 2.51. The Balaban J connectivity index is 0.00000110. The first-order chi connectivity index (χ1) is 9.45. The van der Waals surface area contributed by atoms with Gasteiger partial charge >= 0.3 is 0 Å². The van der Waals surface area contributed by atoms with Crippen molar-refractivity contribution in [2.45, 2.75) is 0 Å². The Morgan fingerprint density at radius 1 is 0.429 bits per heavy atom. The molecule has 0 unspecified atom stereocenters. The SMILES string of the molecule is [Os].[Ru].c1ccc(P(c2ccccc2)c2ccccc2)cc1. The standard InChI is InChI=1S/C18H15P.Os.Ru/c1-4-10-16(11-5-1)19(17-12-6-2-7-13-17)18-14-8-3-9-15-18;;/h1-15H;;. The summed E-state index contributed by atoms with van der Waals surface area (Å²) in [6.45, 7) is 0. The molecule has 0 nitrogen and oxygen atoms in total. The fraction of sp³-hybridized carbons (Fsp3) is 0. The molecule has 0 amide bonds. The second kappa shape index (κ2) is 9.38. The second-order valence-electron chi connectivity index (χ2n) is 4.34. The molecular weight excluding hydrogens is 538 g/mol. The largest absolute Gasteiger partial charge is 0.0622 e. The zero-order chi connectivity index (χ0) is 12.9. The predicted molar refractivity (Wildman–Crippen MR) is 85.1 cm³/mol. The summed E-state index contributed by atoms with van der Waals surface area (Å²) in [5, 5.41) is 4.19. The summed E-state index contributed by atoms with van der Waals surface area (Å²) in [4.78, 5) is 0. The third-order valence-electron chi connectivity index (χ3n) is 3.04. The molecule has 0 aliphatic carbocycles. The van der Waals surface area contributed by atoms with Gasteiger partial charge in [0.1, 0.15) is 0 Å². The Morgan fingerprint density at radius 3 is 0.905 bits per heavy atom. The van der Waals surface area contributed by atoms with Crippen molar-refractivity contribution in [3.63, 3.8) is 0 Å². The number of hydrogen-bond acceptors (Lipinski definition) is 0. The van der Waals surface area contributed by atoms with Crippen LogP contribution in [0.4, 0.5) is 0 Å². The van der Waals surface area contributed by atoms with Gasteiger partial charge in [-0.1, -0.05) is 91.0 Å². The summed E-state index contributed by atoms with van der Waals surface area (Å²) < 4.78 is 0. The molecule has 0 bridgehead atoms. The minimum absolute atomic E-state index is 0. The normalized spacial score (nSPS) is 9.57. The molecule has 0 radical (unpaired) electrons. The summed E-state index contributed by atoms with van der Waals surface area (Å²) in [5.41, 5.74) is 0. The van der Waals surface area contributed by atoms with Crippen molar-refractivity contribution < 1.29 is 39.3 Å². The molecule has 0 heterocycles. The van der Waals surface area contributed by atoms with E-state index in [1.54, 1.807) is 0 Å². The Morgan fingerprint density at radius 2 is 0.667 bits per heavy atom. The van der Waals surface area contributed by atoms with Crippen LogP contribution in [-0.2, 0) is 39.3 Å². The summed E-state index contributed by atoms with van der Waals surface area (Å²) in [7, 11) is -0.446. The van der Waals surface area contributed by atoms with E-state index in [4.69, 9.17) is 0 Å². The van der Waals surface area contributed by atoms with Crippen molar-refractivity contribution in [2.75, 3.05) is 0 Å². The van der Waals surface area contributed by atoms with E-state index < -0.39 is 7.92 Å². The monoisotopic (exact) mass is 556 g/mol. The molecule has 0 atom stereocenters. The van der Waals surface area contributed by atoms with Crippen LogP contribution in [0.5, 0.6) is 0 Å². The first kappa shape index (κ1) is 18.4. The van der Waals surface area contributed by atoms with Crippen LogP contribution in [0.3, 0.4) is 0 Å². The van der Waals surface area contributed by atoms with Crippen molar-refractivity contribution in [2.24, 2.45) is 0 Å². The Hall–Kier alpha value is -0.650. The van der Waals surface area contributed by atoms with Gasteiger partial charge in [0.15, 0.2) is 0 Å². The van der Waals surface area contributed by atoms with Gasteiger partial charge in [0, 0.05) is 39.3 Å². The Bertz CT molecular complexity index is 535. The van der Waals surface area contributed by atoms with Gasteiger partial charge in [0.05, 0.1) is 0 Å². The molecule has 0 spiro atoms. The molecule has 21 heavy (non-hydrogen) atoms. The van der Waals surface area contributed by atoms with Crippen molar-refractivity contribution in [1.29, 1.82) is 0 Å². The predicted octanol–water partition coefficient (Wildman–Crippen LogP) is 3.44. The summed E-state index contributed by atoms with van der Waals surface area (Å²) in [6.07, 6.45) is 0. The molecule has 0 saturated carbocycles. The summed E-state index contributed by atoms with van der Waals surface area (Å²) in [6, 6.07) is 32.3. The van der Waals surface area contributed by atoms with E-state index in [-0.39, 0.29) is 39.3 Å². The van der Waals surface area contributed by atoms with E-state index in [2.05, 4.69) is 91.0 Å². The fourth-order valence-electron chi connectivity index (χ4n) is 2.18. The Labute approximate surface area is 153 Å². The van der Waals surface area contributed by atoms with E-state index >= 15 is 0 Å². The van der Waals surface area contributed by atoms with Gasteiger partial charge in [-0.3, -0.25) is 0 Å². The zero-order valence-corrected chi connectivity index (χ0v) is 16.5. The van der Waals surface area contributed by atoms with Gasteiger partial charge < -0.3 is 0 Å². The molecule has 0 fully saturated rings. The average molecular weight is 554 g/mol. The van der Waals surface area contributed by atoms with E-state index in [0.717, 1.165) is 0 Å². The molecule has 3 heteroatoms. The molecule has 0 aliphatic rings. The van der Waals surface area contributed by atoms with Crippen LogP contribution in [-0.4, -0.2) is 0 Å². The minimum Gasteiger partial charge on any atom is -0.0622 e. The molecule has 0 aromatic heterocycles. The molecule has 0 saturated heterocycles. The van der Waals surface area contributed by atoms with Crippen molar-refractivity contribution in [1.82, 2.24) is 0 Å². The summed E-state index contributed by atoms with van der Waals surface area (Å²) in [5.74, 6) is 0. The van der Waals surface area contributed by atoms with Gasteiger partial charge in [-0.2, -0.15) is 0 Å². The molecule has 108 valence electrons. The zero-order valence-electron chi connectivity index (χ0n) is 11.3. The molecule has 0 aliphatic heterocycles. The van der Waals surface area contributed by atoms with E-state index in [1.807, 2.05) is 0 Å². The van der Waals surface area contributed by atoms with E-state index in [0.29, 0.717) is 0 Å². The van der Waals surface area contributed by atoms with Gasteiger partial charge in [-0.05, 0) is 23.8 Å². The van der Waals surface area contributed by atoms with Gasteiger partial charge in [0.25, 0.3) is 0 Å². The van der Waals surface area contributed by atoms with Crippen LogP contribution in [0.1, 0.15) is 0 Å². The van der Waals surface area contributed by atoms with Crippen molar-refractivity contribution in [3.05, 3.63) is 91.0 Å². The minimum atomic E-state index is -0.446. The van der Waals surface area contributed by atoms with Crippen LogP contribution < -0.4 is 15.9 Å². The van der Waals surface area contributed by atoms with Gasteiger partial charge in [-0.15, -0.1) is 0 Å². The second-order valence-corrected chi connectivity index (χ2v) is 6.56. The van der Waals surface area contributed by atoms with Crippen LogP contribution >= 0.6 is 7.92 Å². The molecule has 3 aromatic carbocycles. The third kappa shape index (κ3) is 4.66. The molecule has 3 rings (SSSR count). The maximum atomic E-state index is 2.23. The molecular formula is C18H15OsPRu. The van der Waals surface area contributed by atoms with Crippen LogP contribution in [0.15, 0.2) is 91.0 Å². The fourth-order valence-corrected chi connectivity index (χ4v) is 4.48. The molecule has 3 aromatic rings. The van der Waals surface area contributed by atoms with Gasteiger partial charge in [0.2, 0.25) is 0 Å². The first-order valence-electron chi connectivity index (χ1n) is 6.40. The maximum absolute atomic E-state index is 2.23. The van der Waals surface area contributed by atoms with E-state index in [9.17, 15) is 0 Å². The number of benzene rings is 3. The third-order valence-corrected chi connectivity index (χ3v) is 5.49. The maximum Gasteiger partial charge on any atom is 0 e. The topological polar surface area (TPSA) is 0 Å².